The molecule has 1 aliphatic rings. The van der Waals surface area contributed by atoms with E-state index in [4.69, 9.17) is 4.84 Å². The highest BCUT2D eigenvalue weighted by Crippen LogP contribution is 2.03. The minimum atomic E-state index is 0.530. The zero-order chi connectivity index (χ0) is 10.3. The highest BCUT2D eigenvalue weighted by atomic mass is 16.6. The van der Waals surface area contributed by atoms with Gasteiger partial charge in [0.05, 0.1) is 5.71 Å². The maximum atomic E-state index is 5.26. The number of rotatable bonds is 3. The third-order valence-corrected chi connectivity index (χ3v) is 2.12. The minimum Gasteiger partial charge on any atom is -0.391 e. The molecule has 0 amide bonds. The lowest BCUT2D eigenvalue weighted by Crippen LogP contribution is -1.96. The first-order valence-corrected chi connectivity index (χ1v) is 5.01. The first kappa shape index (κ1) is 9.71. The van der Waals surface area contributed by atoms with Gasteiger partial charge in [-0.05, 0) is 11.6 Å². The van der Waals surface area contributed by atoms with E-state index in [0.717, 1.165) is 17.7 Å². The molecule has 76 valence electrons. The molecule has 2 nitrogen and oxygen atoms in total. The molecular weight excluding hydrogens is 186 g/mol. The molecule has 2 rings (SSSR count). The van der Waals surface area contributed by atoms with E-state index in [9.17, 15) is 0 Å². The summed E-state index contributed by atoms with van der Waals surface area (Å²) in [5.74, 6) is 0. The van der Waals surface area contributed by atoms with Gasteiger partial charge in [0.15, 0.2) is 0 Å². The van der Waals surface area contributed by atoms with Crippen molar-refractivity contribution in [1.29, 1.82) is 0 Å². The van der Waals surface area contributed by atoms with Crippen molar-refractivity contribution in [3.05, 3.63) is 60.2 Å². The maximum absolute atomic E-state index is 5.26. The molecule has 0 unspecified atom stereocenters. The molecule has 1 aromatic rings. The summed E-state index contributed by atoms with van der Waals surface area (Å²) in [4.78, 5) is 5.26. The molecule has 0 N–H and O–H groups in total. The Morgan fingerprint density at radius 3 is 2.73 bits per heavy atom. The lowest BCUT2D eigenvalue weighted by atomic mass is 10.2. The predicted octanol–water partition coefficient (Wildman–Crippen LogP) is 3.08. The van der Waals surface area contributed by atoms with Crippen molar-refractivity contribution in [2.75, 3.05) is 0 Å². The molecule has 0 saturated carbocycles. The van der Waals surface area contributed by atoms with Crippen LogP contribution in [0.1, 0.15) is 12.0 Å². The molecule has 0 radical (unpaired) electrons. The molecule has 0 bridgehead atoms. The monoisotopic (exact) mass is 199 g/mol. The van der Waals surface area contributed by atoms with Gasteiger partial charge in [0.25, 0.3) is 0 Å². The van der Waals surface area contributed by atoms with E-state index in [-0.39, 0.29) is 0 Å². The summed E-state index contributed by atoms with van der Waals surface area (Å²) in [5, 5.41) is 4.06. The number of hydrogen-bond acceptors (Lipinski definition) is 2. The van der Waals surface area contributed by atoms with Crippen LogP contribution in [0.25, 0.3) is 0 Å². The van der Waals surface area contributed by atoms with Gasteiger partial charge in [-0.1, -0.05) is 53.7 Å². The fraction of sp³-hybridized carbons (Fsp3) is 0.154. The molecule has 1 aliphatic carbocycles. The number of allylic oxidation sites excluding steroid dienone is 4. The zero-order valence-electron chi connectivity index (χ0n) is 8.47. The summed E-state index contributed by atoms with van der Waals surface area (Å²) in [5.41, 5.74) is 2.10. The van der Waals surface area contributed by atoms with Gasteiger partial charge in [-0.25, -0.2) is 0 Å². The number of benzene rings is 1. The van der Waals surface area contributed by atoms with Crippen LogP contribution < -0.4 is 0 Å². The summed E-state index contributed by atoms with van der Waals surface area (Å²) in [6, 6.07) is 10.0. The summed E-state index contributed by atoms with van der Waals surface area (Å²) >= 11 is 0. The third-order valence-electron chi connectivity index (χ3n) is 2.12. The van der Waals surface area contributed by atoms with Gasteiger partial charge in [0.2, 0.25) is 0 Å². The molecule has 0 saturated heterocycles. The van der Waals surface area contributed by atoms with Gasteiger partial charge in [0.1, 0.15) is 6.61 Å². The third kappa shape index (κ3) is 3.09. The van der Waals surface area contributed by atoms with Crippen LogP contribution in [0.2, 0.25) is 0 Å². The second-order valence-corrected chi connectivity index (χ2v) is 3.33. The van der Waals surface area contributed by atoms with Crippen molar-refractivity contribution in [2.24, 2.45) is 5.16 Å². The molecule has 0 fully saturated rings. The van der Waals surface area contributed by atoms with Crippen LogP contribution in [0.5, 0.6) is 0 Å². The fourth-order valence-electron chi connectivity index (χ4n) is 1.33. The van der Waals surface area contributed by atoms with Crippen molar-refractivity contribution in [3.63, 3.8) is 0 Å². The molecule has 15 heavy (non-hydrogen) atoms. The van der Waals surface area contributed by atoms with E-state index in [1.807, 2.05) is 48.6 Å². The normalized spacial score (nSPS) is 16.9. The van der Waals surface area contributed by atoms with E-state index in [2.05, 4.69) is 11.2 Å². The minimum absolute atomic E-state index is 0.530. The van der Waals surface area contributed by atoms with Gasteiger partial charge in [-0.2, -0.15) is 0 Å². The van der Waals surface area contributed by atoms with Crippen molar-refractivity contribution in [1.82, 2.24) is 0 Å². The first-order chi connectivity index (χ1) is 7.45. The Labute approximate surface area is 89.6 Å². The molecule has 0 heterocycles. The van der Waals surface area contributed by atoms with Crippen LogP contribution in [0.15, 0.2) is 59.8 Å². The lowest BCUT2D eigenvalue weighted by molar-refractivity contribution is 0.130. The Morgan fingerprint density at radius 1 is 1.13 bits per heavy atom. The lowest BCUT2D eigenvalue weighted by Gasteiger charge is -2.02. The Bertz CT molecular complexity index is 390. The average molecular weight is 199 g/mol. The van der Waals surface area contributed by atoms with E-state index >= 15 is 0 Å². The predicted molar refractivity (Wildman–Crippen MR) is 61.6 cm³/mol. The second kappa shape index (κ2) is 5.15. The van der Waals surface area contributed by atoms with E-state index in [0.29, 0.717) is 6.61 Å². The highest BCUT2D eigenvalue weighted by molar-refractivity contribution is 5.96. The van der Waals surface area contributed by atoms with Gasteiger partial charge < -0.3 is 4.84 Å². The molecule has 0 aromatic heterocycles. The molecular formula is C13H13NO. The van der Waals surface area contributed by atoms with Crippen LogP contribution in [-0.4, -0.2) is 5.71 Å². The molecule has 2 heteroatoms. The Hall–Kier alpha value is -1.83. The summed E-state index contributed by atoms with van der Waals surface area (Å²) in [6.45, 7) is 0.530. The van der Waals surface area contributed by atoms with E-state index in [1.54, 1.807) is 0 Å². The molecule has 0 spiro atoms. The summed E-state index contributed by atoms with van der Waals surface area (Å²) < 4.78 is 0. The van der Waals surface area contributed by atoms with E-state index < -0.39 is 0 Å². The van der Waals surface area contributed by atoms with Crippen LogP contribution in [0, 0.1) is 0 Å². The van der Waals surface area contributed by atoms with E-state index in [1.165, 1.54) is 0 Å². The molecule has 1 aromatic carbocycles. The number of oxime groups is 1. The fourth-order valence-corrected chi connectivity index (χ4v) is 1.33. The van der Waals surface area contributed by atoms with Crippen LogP contribution in [-0.2, 0) is 11.4 Å². The van der Waals surface area contributed by atoms with Gasteiger partial charge >= 0.3 is 0 Å². The Balaban J connectivity index is 1.84. The SMILES string of the molecule is C1=CC/C(=N/OCc2ccccc2)C=C1. The maximum Gasteiger partial charge on any atom is 0.142 e. The standard InChI is InChI=1S/C13H13NO/c1-3-7-12(8-4-1)11-15-14-13-9-5-2-6-10-13/h1-9H,10-11H2/b14-13+. The summed E-state index contributed by atoms with van der Waals surface area (Å²) in [7, 11) is 0. The molecule has 0 atom stereocenters. The quantitative estimate of drug-likeness (QED) is 0.685. The van der Waals surface area contributed by atoms with Crippen LogP contribution in [0.3, 0.4) is 0 Å². The van der Waals surface area contributed by atoms with Crippen molar-refractivity contribution in [2.45, 2.75) is 13.0 Å². The van der Waals surface area contributed by atoms with Crippen LogP contribution in [0.4, 0.5) is 0 Å². The Morgan fingerprint density at radius 2 is 2.00 bits per heavy atom. The topological polar surface area (TPSA) is 21.6 Å². The molecule has 0 aliphatic heterocycles. The van der Waals surface area contributed by atoms with Crippen molar-refractivity contribution < 1.29 is 4.84 Å². The van der Waals surface area contributed by atoms with Crippen molar-refractivity contribution >= 4 is 5.71 Å². The van der Waals surface area contributed by atoms with Crippen molar-refractivity contribution in [3.8, 4) is 0 Å². The van der Waals surface area contributed by atoms with Gasteiger partial charge in [0, 0.05) is 6.42 Å². The zero-order valence-corrected chi connectivity index (χ0v) is 8.47. The van der Waals surface area contributed by atoms with Crippen LogP contribution >= 0.6 is 0 Å². The first-order valence-electron chi connectivity index (χ1n) is 5.01. The number of hydrogen-bond donors (Lipinski definition) is 0. The Kier molecular flexibility index (Phi) is 3.34. The van der Waals surface area contributed by atoms with Gasteiger partial charge in [-0.15, -0.1) is 0 Å². The van der Waals surface area contributed by atoms with Gasteiger partial charge in [-0.3, -0.25) is 0 Å². The smallest absolute Gasteiger partial charge is 0.142 e. The largest absolute Gasteiger partial charge is 0.391 e. The number of nitrogens with zero attached hydrogens (tertiary/aromatic N) is 1. The second-order valence-electron chi connectivity index (χ2n) is 3.33. The average Bonchev–Trinajstić information content (AvgIpc) is 2.32. The highest BCUT2D eigenvalue weighted by Gasteiger charge is 1.96. The summed E-state index contributed by atoms with van der Waals surface area (Å²) in [6.07, 6.45) is 8.85.